The highest BCUT2D eigenvalue weighted by atomic mass is 35.5. The molecule has 3 rings (SSSR count). The number of amides is 2. The van der Waals surface area contributed by atoms with E-state index in [0.29, 0.717) is 10.6 Å². The standard InChI is InChI=1S/C19H18ClN3O4/c1-11-3-4-13(9-16(11)23(26)27)19(25)21-15-10-17(24)22(2)18(15)12-5-7-14(20)8-6-12/h3-9,15,18H,10H2,1-2H3,(H,21,25)/t15-,18+/m0/s1. The summed E-state index contributed by atoms with van der Waals surface area (Å²) in [6.45, 7) is 1.61. The van der Waals surface area contributed by atoms with Gasteiger partial charge < -0.3 is 10.2 Å². The molecular formula is C19H18ClN3O4. The van der Waals surface area contributed by atoms with Gasteiger partial charge in [0.25, 0.3) is 11.6 Å². The third-order valence-electron chi connectivity index (χ3n) is 4.78. The first kappa shape index (κ1) is 18.8. The van der Waals surface area contributed by atoms with Crippen LogP contribution in [0.25, 0.3) is 0 Å². The van der Waals surface area contributed by atoms with Crippen molar-refractivity contribution in [2.45, 2.75) is 25.4 Å². The molecule has 1 heterocycles. The molecule has 8 heteroatoms. The Morgan fingerprint density at radius 3 is 2.56 bits per heavy atom. The molecule has 0 spiro atoms. The molecule has 0 unspecified atom stereocenters. The smallest absolute Gasteiger partial charge is 0.273 e. The van der Waals surface area contributed by atoms with Gasteiger partial charge >= 0.3 is 0 Å². The second-order valence-electron chi connectivity index (χ2n) is 6.54. The van der Waals surface area contributed by atoms with E-state index in [1.54, 1.807) is 31.0 Å². The predicted molar refractivity (Wildman–Crippen MR) is 101 cm³/mol. The molecule has 0 aliphatic carbocycles. The van der Waals surface area contributed by atoms with Gasteiger partial charge in [-0.15, -0.1) is 0 Å². The molecule has 1 N–H and O–H groups in total. The zero-order valence-corrected chi connectivity index (χ0v) is 15.6. The van der Waals surface area contributed by atoms with Crippen LogP contribution in [0.15, 0.2) is 42.5 Å². The number of carbonyl (C=O) groups is 2. The average Bonchev–Trinajstić information content (AvgIpc) is 2.89. The van der Waals surface area contributed by atoms with Gasteiger partial charge in [-0.25, -0.2) is 0 Å². The maximum absolute atomic E-state index is 12.6. The van der Waals surface area contributed by atoms with Gasteiger partial charge in [0.1, 0.15) is 0 Å². The highest BCUT2D eigenvalue weighted by Gasteiger charge is 2.39. The number of nitro benzene ring substituents is 1. The highest BCUT2D eigenvalue weighted by molar-refractivity contribution is 6.30. The number of carbonyl (C=O) groups excluding carboxylic acids is 2. The van der Waals surface area contributed by atoms with Crippen LogP contribution in [0.3, 0.4) is 0 Å². The molecule has 0 radical (unpaired) electrons. The van der Waals surface area contributed by atoms with Gasteiger partial charge in [0.2, 0.25) is 5.91 Å². The first-order valence-electron chi connectivity index (χ1n) is 8.35. The summed E-state index contributed by atoms with van der Waals surface area (Å²) in [6.07, 6.45) is 0.156. The van der Waals surface area contributed by atoms with E-state index in [1.807, 2.05) is 12.1 Å². The minimum Gasteiger partial charge on any atom is -0.346 e. The van der Waals surface area contributed by atoms with Crippen molar-refractivity contribution in [3.05, 3.63) is 74.3 Å². The van der Waals surface area contributed by atoms with E-state index in [2.05, 4.69) is 5.32 Å². The molecule has 0 bridgehead atoms. The summed E-state index contributed by atoms with van der Waals surface area (Å²) in [6, 6.07) is 10.6. The van der Waals surface area contributed by atoms with Gasteiger partial charge in [-0.3, -0.25) is 19.7 Å². The summed E-state index contributed by atoms with van der Waals surface area (Å²) in [7, 11) is 1.69. The van der Waals surface area contributed by atoms with E-state index in [9.17, 15) is 19.7 Å². The molecule has 2 atom stereocenters. The van der Waals surface area contributed by atoms with E-state index < -0.39 is 16.9 Å². The number of nitrogens with one attached hydrogen (secondary N) is 1. The molecule has 1 fully saturated rings. The summed E-state index contributed by atoms with van der Waals surface area (Å²) < 4.78 is 0. The number of likely N-dealkylation sites (N-methyl/N-ethyl adjacent to an activating group) is 1. The van der Waals surface area contributed by atoms with Gasteiger partial charge in [-0.1, -0.05) is 29.8 Å². The van der Waals surface area contributed by atoms with E-state index in [4.69, 9.17) is 11.6 Å². The number of likely N-dealkylation sites (tertiary alicyclic amines) is 1. The summed E-state index contributed by atoms with van der Waals surface area (Å²) in [5.41, 5.74) is 1.40. The quantitative estimate of drug-likeness (QED) is 0.643. The molecular weight excluding hydrogens is 370 g/mol. The summed E-state index contributed by atoms with van der Waals surface area (Å²) in [4.78, 5) is 37.0. The molecule has 27 heavy (non-hydrogen) atoms. The maximum Gasteiger partial charge on any atom is 0.273 e. The number of hydrogen-bond donors (Lipinski definition) is 1. The zero-order valence-electron chi connectivity index (χ0n) is 14.8. The van der Waals surface area contributed by atoms with Crippen LogP contribution in [0, 0.1) is 17.0 Å². The molecule has 2 amide bonds. The molecule has 140 valence electrons. The van der Waals surface area contributed by atoms with Gasteiger partial charge in [0.05, 0.1) is 17.0 Å². The lowest BCUT2D eigenvalue weighted by Crippen LogP contribution is -2.39. The monoisotopic (exact) mass is 387 g/mol. The van der Waals surface area contributed by atoms with Crippen molar-refractivity contribution >= 4 is 29.1 Å². The second-order valence-corrected chi connectivity index (χ2v) is 6.98. The van der Waals surface area contributed by atoms with E-state index >= 15 is 0 Å². The van der Waals surface area contributed by atoms with Gasteiger partial charge in [-0.2, -0.15) is 0 Å². The summed E-state index contributed by atoms with van der Waals surface area (Å²) in [5, 5.41) is 14.5. The second kappa shape index (κ2) is 7.36. The lowest BCUT2D eigenvalue weighted by atomic mass is 9.99. The van der Waals surface area contributed by atoms with Crippen LogP contribution in [0.5, 0.6) is 0 Å². The third-order valence-corrected chi connectivity index (χ3v) is 5.03. The Morgan fingerprint density at radius 1 is 1.26 bits per heavy atom. The Bertz CT molecular complexity index is 914. The molecule has 7 nitrogen and oxygen atoms in total. The Labute approximate surface area is 161 Å². The highest BCUT2D eigenvalue weighted by Crippen LogP contribution is 2.33. The summed E-state index contributed by atoms with van der Waals surface area (Å²) >= 11 is 5.93. The van der Waals surface area contributed by atoms with Crippen molar-refractivity contribution in [3.8, 4) is 0 Å². The lowest BCUT2D eigenvalue weighted by Gasteiger charge is -2.26. The van der Waals surface area contributed by atoms with Crippen LogP contribution in [0.1, 0.15) is 33.9 Å². The van der Waals surface area contributed by atoms with Crippen LogP contribution in [-0.2, 0) is 4.79 Å². The van der Waals surface area contributed by atoms with Crippen LogP contribution in [-0.4, -0.2) is 34.7 Å². The molecule has 1 saturated heterocycles. The number of aryl methyl sites for hydroxylation is 1. The number of halogens is 1. The Balaban J connectivity index is 1.85. The molecule has 2 aromatic rings. The molecule has 0 aromatic heterocycles. The van der Waals surface area contributed by atoms with E-state index in [1.165, 1.54) is 18.2 Å². The van der Waals surface area contributed by atoms with Crippen LogP contribution < -0.4 is 5.32 Å². The molecule has 1 aliphatic heterocycles. The fourth-order valence-electron chi connectivity index (χ4n) is 3.31. The maximum atomic E-state index is 12.6. The number of nitro groups is 1. The van der Waals surface area contributed by atoms with Gasteiger partial charge in [-0.05, 0) is 30.7 Å². The Morgan fingerprint density at radius 2 is 1.93 bits per heavy atom. The van der Waals surface area contributed by atoms with Crippen molar-refractivity contribution in [1.82, 2.24) is 10.2 Å². The fraction of sp³-hybridized carbons (Fsp3) is 0.263. The van der Waals surface area contributed by atoms with Gasteiger partial charge in [0.15, 0.2) is 0 Å². The number of benzene rings is 2. The van der Waals surface area contributed by atoms with E-state index in [-0.39, 0.29) is 29.6 Å². The van der Waals surface area contributed by atoms with E-state index in [0.717, 1.165) is 5.56 Å². The minimum atomic E-state index is -0.518. The Kier molecular flexibility index (Phi) is 5.14. The number of hydrogen-bond acceptors (Lipinski definition) is 4. The Hall–Kier alpha value is -2.93. The summed E-state index contributed by atoms with van der Waals surface area (Å²) in [5.74, 6) is -0.541. The van der Waals surface area contributed by atoms with Crippen LogP contribution in [0.4, 0.5) is 5.69 Å². The van der Waals surface area contributed by atoms with Crippen molar-refractivity contribution in [3.63, 3.8) is 0 Å². The minimum absolute atomic E-state index is 0.0878. The largest absolute Gasteiger partial charge is 0.346 e. The predicted octanol–water partition coefficient (Wildman–Crippen LogP) is 3.26. The van der Waals surface area contributed by atoms with Crippen LogP contribution in [0.2, 0.25) is 5.02 Å². The lowest BCUT2D eigenvalue weighted by molar-refractivity contribution is -0.385. The van der Waals surface area contributed by atoms with Crippen molar-refractivity contribution in [1.29, 1.82) is 0 Å². The molecule has 2 aromatic carbocycles. The normalized spacial score (nSPS) is 19.2. The zero-order chi connectivity index (χ0) is 19.7. The van der Waals surface area contributed by atoms with Crippen LogP contribution >= 0.6 is 11.6 Å². The van der Waals surface area contributed by atoms with Crippen molar-refractivity contribution < 1.29 is 14.5 Å². The number of nitrogens with zero attached hydrogens (tertiary/aromatic N) is 2. The average molecular weight is 388 g/mol. The first-order valence-corrected chi connectivity index (χ1v) is 8.72. The third kappa shape index (κ3) is 3.78. The van der Waals surface area contributed by atoms with Crippen molar-refractivity contribution in [2.75, 3.05) is 7.05 Å². The topological polar surface area (TPSA) is 92.6 Å². The van der Waals surface area contributed by atoms with Gasteiger partial charge in [0, 0.05) is 35.7 Å². The molecule has 1 aliphatic rings. The van der Waals surface area contributed by atoms with Crippen molar-refractivity contribution in [2.24, 2.45) is 0 Å². The molecule has 0 saturated carbocycles. The number of rotatable bonds is 4. The SMILES string of the molecule is Cc1ccc(C(=O)N[C@H]2CC(=O)N(C)[C@@H]2c2ccc(Cl)cc2)cc1[N+](=O)[O-]. The fourth-order valence-corrected chi connectivity index (χ4v) is 3.44. The first-order chi connectivity index (χ1) is 12.8.